The Morgan fingerprint density at radius 2 is 1.56 bits per heavy atom. The molecule has 3 aromatic rings. The quantitative estimate of drug-likeness (QED) is 0.275. The lowest BCUT2D eigenvalue weighted by molar-refractivity contribution is -0.137. The van der Waals surface area contributed by atoms with E-state index in [1.54, 1.807) is 55.5 Å². The number of ether oxygens (including phenoxy) is 1. The van der Waals surface area contributed by atoms with Crippen LogP contribution in [0.5, 0.6) is 0 Å². The third-order valence-electron chi connectivity index (χ3n) is 4.29. The van der Waals surface area contributed by atoms with Gasteiger partial charge in [0.1, 0.15) is 0 Å². The largest absolute Gasteiger partial charge is 0.462 e. The Labute approximate surface area is 197 Å². The van der Waals surface area contributed by atoms with Gasteiger partial charge in [-0.3, -0.25) is 0 Å². The molecule has 176 valence electrons. The van der Waals surface area contributed by atoms with E-state index in [9.17, 15) is 22.8 Å². The molecule has 0 aliphatic rings. The highest BCUT2D eigenvalue weighted by atomic mass is 35.5. The Kier molecular flexibility index (Phi) is 7.85. The van der Waals surface area contributed by atoms with E-state index in [1.165, 1.54) is 6.07 Å². The number of alkyl halides is 3. The van der Waals surface area contributed by atoms with E-state index in [1.807, 2.05) is 0 Å². The van der Waals surface area contributed by atoms with Crippen molar-refractivity contribution in [3.8, 4) is 0 Å². The lowest BCUT2D eigenvalue weighted by atomic mass is 10.2. The van der Waals surface area contributed by atoms with E-state index in [0.29, 0.717) is 22.6 Å². The van der Waals surface area contributed by atoms with Gasteiger partial charge in [-0.1, -0.05) is 17.7 Å². The zero-order chi connectivity index (χ0) is 24.7. The van der Waals surface area contributed by atoms with E-state index in [4.69, 9.17) is 16.3 Å². The van der Waals surface area contributed by atoms with E-state index < -0.39 is 28.8 Å². The maximum atomic E-state index is 13.0. The number of anilines is 2. The van der Waals surface area contributed by atoms with Gasteiger partial charge in [-0.15, -0.1) is 0 Å². The third-order valence-corrected chi connectivity index (χ3v) is 4.62. The Hall–Kier alpha value is -3.92. The first-order valence-electron chi connectivity index (χ1n) is 9.89. The second-order valence-electron chi connectivity index (χ2n) is 6.79. The molecule has 3 aromatic carbocycles. The Morgan fingerprint density at radius 1 is 0.912 bits per heavy atom. The standard InChI is InChI=1S/C23H18ClF3N4O3/c1-2-34-21(32)14-4-3-5-18(12-14)31-30-16-8-6-15(7-9-16)28-22(33)29-17-10-11-20(24)19(13-17)23(25,26)27/h3-13H,2H2,1H3,(H2,28,29,33)/b31-30+. The van der Waals surface area contributed by atoms with Crippen LogP contribution in [0.15, 0.2) is 77.0 Å². The van der Waals surface area contributed by atoms with Crippen molar-refractivity contribution in [1.82, 2.24) is 0 Å². The van der Waals surface area contributed by atoms with Gasteiger partial charge in [0.25, 0.3) is 0 Å². The summed E-state index contributed by atoms with van der Waals surface area (Å²) >= 11 is 5.58. The summed E-state index contributed by atoms with van der Waals surface area (Å²) in [4.78, 5) is 23.9. The number of amides is 2. The topological polar surface area (TPSA) is 92.2 Å². The van der Waals surface area contributed by atoms with E-state index in [2.05, 4.69) is 20.9 Å². The first-order chi connectivity index (χ1) is 16.2. The summed E-state index contributed by atoms with van der Waals surface area (Å²) in [6.45, 7) is 1.97. The fourth-order valence-electron chi connectivity index (χ4n) is 2.75. The summed E-state index contributed by atoms with van der Waals surface area (Å²) in [5.74, 6) is -0.457. The normalized spacial score (nSPS) is 11.3. The number of hydrogen-bond acceptors (Lipinski definition) is 5. The minimum absolute atomic E-state index is 0.0651. The van der Waals surface area contributed by atoms with Crippen LogP contribution in [0.1, 0.15) is 22.8 Å². The molecule has 0 aliphatic carbocycles. The maximum Gasteiger partial charge on any atom is 0.417 e. The van der Waals surface area contributed by atoms with Crippen molar-refractivity contribution in [3.63, 3.8) is 0 Å². The lowest BCUT2D eigenvalue weighted by Gasteiger charge is -2.12. The number of carbonyl (C=O) groups excluding carboxylic acids is 2. The van der Waals surface area contributed by atoms with E-state index in [-0.39, 0.29) is 12.3 Å². The molecule has 11 heteroatoms. The van der Waals surface area contributed by atoms with Crippen LogP contribution in [-0.2, 0) is 10.9 Å². The van der Waals surface area contributed by atoms with Gasteiger partial charge >= 0.3 is 18.2 Å². The first-order valence-corrected chi connectivity index (χ1v) is 10.3. The number of esters is 1. The van der Waals surface area contributed by atoms with Crippen molar-refractivity contribution in [3.05, 3.63) is 82.9 Å². The van der Waals surface area contributed by atoms with Crippen LogP contribution < -0.4 is 10.6 Å². The van der Waals surface area contributed by atoms with Crippen LogP contribution in [0.4, 0.5) is 40.7 Å². The minimum atomic E-state index is -4.64. The molecule has 0 radical (unpaired) electrons. The zero-order valence-corrected chi connectivity index (χ0v) is 18.4. The summed E-state index contributed by atoms with van der Waals surface area (Å²) < 4.78 is 43.8. The highest BCUT2D eigenvalue weighted by molar-refractivity contribution is 6.31. The molecule has 3 rings (SSSR count). The number of azo groups is 1. The van der Waals surface area contributed by atoms with Crippen molar-refractivity contribution in [2.75, 3.05) is 17.2 Å². The number of benzene rings is 3. The molecule has 0 heterocycles. The van der Waals surface area contributed by atoms with Crippen LogP contribution in [0, 0.1) is 0 Å². The molecule has 0 bridgehead atoms. The molecule has 0 saturated carbocycles. The molecular weight excluding hydrogens is 473 g/mol. The van der Waals surface area contributed by atoms with Crippen molar-refractivity contribution < 1.29 is 27.5 Å². The molecule has 0 unspecified atom stereocenters. The van der Waals surface area contributed by atoms with Crippen LogP contribution in [0.2, 0.25) is 5.02 Å². The average molecular weight is 491 g/mol. The SMILES string of the molecule is CCOC(=O)c1cccc(/N=N/c2ccc(NC(=O)Nc3ccc(Cl)c(C(F)(F)F)c3)cc2)c1. The highest BCUT2D eigenvalue weighted by Gasteiger charge is 2.33. The molecule has 7 nitrogen and oxygen atoms in total. The summed E-state index contributed by atoms with van der Waals surface area (Å²) in [6.07, 6.45) is -4.64. The number of urea groups is 1. The van der Waals surface area contributed by atoms with Crippen molar-refractivity contribution in [2.24, 2.45) is 10.2 Å². The number of carbonyl (C=O) groups is 2. The third kappa shape index (κ3) is 6.79. The van der Waals surface area contributed by atoms with Crippen molar-refractivity contribution >= 4 is 46.4 Å². The number of rotatable bonds is 6. The summed E-state index contributed by atoms with van der Waals surface area (Å²) in [5, 5.41) is 12.5. The smallest absolute Gasteiger partial charge is 0.417 e. The molecule has 34 heavy (non-hydrogen) atoms. The predicted octanol–water partition coefficient (Wildman–Crippen LogP) is 7.59. The van der Waals surface area contributed by atoms with Crippen LogP contribution in [0.25, 0.3) is 0 Å². The van der Waals surface area contributed by atoms with Gasteiger partial charge in [-0.2, -0.15) is 23.4 Å². The zero-order valence-electron chi connectivity index (χ0n) is 17.7. The van der Waals surface area contributed by atoms with Crippen molar-refractivity contribution in [2.45, 2.75) is 13.1 Å². The molecule has 0 aromatic heterocycles. The monoisotopic (exact) mass is 490 g/mol. The molecule has 0 atom stereocenters. The maximum absolute atomic E-state index is 13.0. The Bertz CT molecular complexity index is 1210. The van der Waals surface area contributed by atoms with Crippen LogP contribution >= 0.6 is 11.6 Å². The molecule has 2 N–H and O–H groups in total. The number of nitrogens with zero attached hydrogens (tertiary/aromatic N) is 2. The highest BCUT2D eigenvalue weighted by Crippen LogP contribution is 2.36. The molecule has 0 aliphatic heterocycles. The van der Waals surface area contributed by atoms with E-state index in [0.717, 1.165) is 12.1 Å². The number of halogens is 4. The van der Waals surface area contributed by atoms with Gasteiger partial charge in [0.15, 0.2) is 0 Å². The van der Waals surface area contributed by atoms with E-state index >= 15 is 0 Å². The lowest BCUT2D eigenvalue weighted by Crippen LogP contribution is -2.19. The van der Waals surface area contributed by atoms with Gasteiger partial charge in [0.05, 0.1) is 34.1 Å². The molecular formula is C23H18ClF3N4O3. The molecule has 0 fully saturated rings. The summed E-state index contributed by atoms with van der Waals surface area (Å²) in [5.41, 5.74) is 0.546. The molecule has 2 amide bonds. The number of hydrogen-bond donors (Lipinski definition) is 2. The summed E-state index contributed by atoms with van der Waals surface area (Å²) in [6, 6.07) is 15.1. The van der Waals surface area contributed by atoms with Gasteiger partial charge < -0.3 is 15.4 Å². The van der Waals surface area contributed by atoms with Crippen LogP contribution in [0.3, 0.4) is 0 Å². The summed E-state index contributed by atoms with van der Waals surface area (Å²) in [7, 11) is 0. The van der Waals surface area contributed by atoms with Gasteiger partial charge in [-0.05, 0) is 67.6 Å². The minimum Gasteiger partial charge on any atom is -0.462 e. The number of nitrogens with one attached hydrogen (secondary N) is 2. The molecule has 0 saturated heterocycles. The predicted molar refractivity (Wildman–Crippen MR) is 122 cm³/mol. The van der Waals surface area contributed by atoms with Gasteiger partial charge in [0.2, 0.25) is 0 Å². The fraction of sp³-hybridized carbons (Fsp3) is 0.130. The van der Waals surface area contributed by atoms with Gasteiger partial charge in [0, 0.05) is 11.4 Å². The second kappa shape index (κ2) is 10.8. The van der Waals surface area contributed by atoms with Crippen LogP contribution in [-0.4, -0.2) is 18.6 Å². The van der Waals surface area contributed by atoms with Gasteiger partial charge in [-0.25, -0.2) is 9.59 Å². The average Bonchev–Trinajstić information content (AvgIpc) is 2.79. The molecule has 0 spiro atoms. The fourth-order valence-corrected chi connectivity index (χ4v) is 2.97. The first kappa shape index (κ1) is 24.7. The second-order valence-corrected chi connectivity index (χ2v) is 7.20. The Morgan fingerprint density at radius 3 is 2.24 bits per heavy atom. The Balaban J connectivity index is 1.61. The van der Waals surface area contributed by atoms with Crippen molar-refractivity contribution in [1.29, 1.82) is 0 Å².